The molecule has 1 heterocycles. The highest BCUT2D eigenvalue weighted by Crippen LogP contribution is 2.34. The van der Waals surface area contributed by atoms with Gasteiger partial charge in [-0.3, -0.25) is 0 Å². The van der Waals surface area contributed by atoms with Crippen molar-refractivity contribution < 1.29 is 9.47 Å². The summed E-state index contributed by atoms with van der Waals surface area (Å²) in [5.74, 6) is 0.887. The maximum atomic E-state index is 6.15. The van der Waals surface area contributed by atoms with Gasteiger partial charge in [0.05, 0.1) is 26.4 Å². The highest BCUT2D eigenvalue weighted by Gasteiger charge is 2.30. The molecule has 1 aliphatic heterocycles. The number of benzene rings is 1. The van der Waals surface area contributed by atoms with E-state index in [1.54, 1.807) is 7.11 Å². The molecule has 1 aromatic carbocycles. The normalized spacial score (nSPS) is 22.8. The van der Waals surface area contributed by atoms with Crippen LogP contribution in [0.5, 0.6) is 5.75 Å². The molecular formula is C14H20ClNO2. The number of hydrogen-bond acceptors (Lipinski definition) is 3. The Morgan fingerprint density at radius 3 is 2.78 bits per heavy atom. The van der Waals surface area contributed by atoms with Crippen LogP contribution in [0.15, 0.2) is 12.1 Å². The van der Waals surface area contributed by atoms with E-state index in [1.807, 2.05) is 19.1 Å². The van der Waals surface area contributed by atoms with Crippen LogP contribution in [-0.4, -0.2) is 25.9 Å². The minimum Gasteiger partial charge on any atom is -0.496 e. The Balaban J connectivity index is 2.37. The Hall–Kier alpha value is -0.770. The lowest BCUT2D eigenvalue weighted by Gasteiger charge is -2.37. The van der Waals surface area contributed by atoms with Crippen molar-refractivity contribution in [2.75, 3.05) is 20.3 Å². The van der Waals surface area contributed by atoms with Gasteiger partial charge in [-0.15, -0.1) is 0 Å². The molecule has 100 valence electrons. The molecule has 18 heavy (non-hydrogen) atoms. The fourth-order valence-electron chi connectivity index (χ4n) is 2.45. The van der Waals surface area contributed by atoms with Crippen LogP contribution < -0.4 is 10.1 Å². The third-order valence-corrected chi connectivity index (χ3v) is 3.38. The van der Waals surface area contributed by atoms with Crippen LogP contribution in [0.1, 0.15) is 31.0 Å². The Kier molecular flexibility index (Phi) is 3.85. The Morgan fingerprint density at radius 2 is 2.17 bits per heavy atom. The predicted octanol–water partition coefficient (Wildman–Crippen LogP) is 3.10. The summed E-state index contributed by atoms with van der Waals surface area (Å²) in [7, 11) is 1.69. The molecular weight excluding hydrogens is 250 g/mol. The van der Waals surface area contributed by atoms with E-state index < -0.39 is 0 Å². The van der Waals surface area contributed by atoms with E-state index in [-0.39, 0.29) is 11.6 Å². The van der Waals surface area contributed by atoms with Crippen LogP contribution in [-0.2, 0) is 4.74 Å². The van der Waals surface area contributed by atoms with Gasteiger partial charge in [-0.25, -0.2) is 0 Å². The summed E-state index contributed by atoms with van der Waals surface area (Å²) in [4.78, 5) is 0. The summed E-state index contributed by atoms with van der Waals surface area (Å²) >= 11 is 6.15. The number of hydrogen-bond donors (Lipinski definition) is 1. The fourth-order valence-corrected chi connectivity index (χ4v) is 2.73. The van der Waals surface area contributed by atoms with Crippen molar-refractivity contribution in [3.63, 3.8) is 0 Å². The first-order chi connectivity index (χ1) is 8.43. The number of aryl methyl sites for hydroxylation is 1. The van der Waals surface area contributed by atoms with Crippen LogP contribution >= 0.6 is 11.6 Å². The first-order valence-corrected chi connectivity index (χ1v) is 6.50. The van der Waals surface area contributed by atoms with Gasteiger partial charge in [-0.1, -0.05) is 11.6 Å². The van der Waals surface area contributed by atoms with E-state index >= 15 is 0 Å². The van der Waals surface area contributed by atoms with Gasteiger partial charge in [0.2, 0.25) is 0 Å². The fraction of sp³-hybridized carbons (Fsp3) is 0.571. The molecule has 1 fully saturated rings. The van der Waals surface area contributed by atoms with Crippen molar-refractivity contribution in [3.8, 4) is 5.75 Å². The molecule has 1 unspecified atom stereocenters. The molecule has 1 aliphatic rings. The third-order valence-electron chi connectivity index (χ3n) is 3.16. The lowest BCUT2D eigenvalue weighted by Crippen LogP contribution is -2.51. The Morgan fingerprint density at radius 1 is 1.44 bits per heavy atom. The number of rotatable bonds is 2. The molecule has 1 saturated heterocycles. The molecule has 0 aliphatic carbocycles. The van der Waals surface area contributed by atoms with E-state index in [0.29, 0.717) is 13.2 Å². The summed E-state index contributed by atoms with van der Waals surface area (Å²) in [6.45, 7) is 7.61. The van der Waals surface area contributed by atoms with Gasteiger partial charge >= 0.3 is 0 Å². The van der Waals surface area contributed by atoms with Crippen molar-refractivity contribution in [1.29, 1.82) is 0 Å². The zero-order valence-electron chi connectivity index (χ0n) is 11.3. The predicted molar refractivity (Wildman–Crippen MR) is 73.5 cm³/mol. The Bertz CT molecular complexity index is 446. The number of ether oxygens (including phenoxy) is 2. The molecule has 0 spiro atoms. The maximum Gasteiger partial charge on any atom is 0.126 e. The molecule has 0 bridgehead atoms. The monoisotopic (exact) mass is 269 g/mol. The second-order valence-corrected chi connectivity index (χ2v) is 5.88. The van der Waals surface area contributed by atoms with Crippen molar-refractivity contribution in [2.24, 2.45) is 0 Å². The summed E-state index contributed by atoms with van der Waals surface area (Å²) in [5, 5.41) is 4.30. The molecule has 0 aromatic heterocycles. The van der Waals surface area contributed by atoms with E-state index in [2.05, 4.69) is 19.2 Å². The van der Waals surface area contributed by atoms with E-state index in [9.17, 15) is 0 Å². The van der Waals surface area contributed by atoms with Gasteiger partial charge in [0.1, 0.15) is 5.75 Å². The average Bonchev–Trinajstić information content (AvgIpc) is 2.26. The molecule has 0 amide bonds. The summed E-state index contributed by atoms with van der Waals surface area (Å²) in [5.41, 5.74) is 2.07. The molecule has 3 nitrogen and oxygen atoms in total. The molecule has 1 aromatic rings. The molecule has 1 N–H and O–H groups in total. The number of nitrogens with one attached hydrogen (secondary N) is 1. The zero-order valence-corrected chi connectivity index (χ0v) is 12.1. The van der Waals surface area contributed by atoms with Crippen LogP contribution in [0, 0.1) is 6.92 Å². The molecule has 4 heteroatoms. The first kappa shape index (κ1) is 13.7. The SMILES string of the molecule is COc1c(C)cc(Cl)cc1C1COCC(C)(C)N1. The van der Waals surface area contributed by atoms with Gasteiger partial charge in [0.25, 0.3) is 0 Å². The molecule has 2 rings (SSSR count). The van der Waals surface area contributed by atoms with Crippen molar-refractivity contribution in [3.05, 3.63) is 28.3 Å². The third kappa shape index (κ3) is 2.79. The van der Waals surface area contributed by atoms with Gasteiger partial charge in [-0.05, 0) is 38.5 Å². The lowest BCUT2D eigenvalue weighted by molar-refractivity contribution is 0.0121. The highest BCUT2D eigenvalue weighted by atomic mass is 35.5. The molecule has 0 radical (unpaired) electrons. The standard InChI is InChI=1S/C14H20ClNO2/c1-9-5-10(15)6-11(13(9)17-4)12-7-18-8-14(2,3)16-12/h5-6,12,16H,7-8H2,1-4H3. The summed E-state index contributed by atoms with van der Waals surface area (Å²) in [6, 6.07) is 3.98. The first-order valence-electron chi connectivity index (χ1n) is 6.12. The number of halogens is 1. The second-order valence-electron chi connectivity index (χ2n) is 5.44. The van der Waals surface area contributed by atoms with Gasteiger partial charge in [0, 0.05) is 16.1 Å². The smallest absolute Gasteiger partial charge is 0.126 e. The highest BCUT2D eigenvalue weighted by molar-refractivity contribution is 6.30. The number of morpholine rings is 1. The Labute approximate surface area is 113 Å². The van der Waals surface area contributed by atoms with Crippen molar-refractivity contribution in [2.45, 2.75) is 32.4 Å². The topological polar surface area (TPSA) is 30.5 Å². The van der Waals surface area contributed by atoms with Crippen LogP contribution in [0.25, 0.3) is 0 Å². The quantitative estimate of drug-likeness (QED) is 0.895. The minimum atomic E-state index is -0.0375. The van der Waals surface area contributed by atoms with E-state index in [4.69, 9.17) is 21.1 Å². The largest absolute Gasteiger partial charge is 0.496 e. The van der Waals surface area contributed by atoms with Crippen LogP contribution in [0.4, 0.5) is 0 Å². The average molecular weight is 270 g/mol. The van der Waals surface area contributed by atoms with Gasteiger partial charge in [0.15, 0.2) is 0 Å². The summed E-state index contributed by atoms with van der Waals surface area (Å²) < 4.78 is 11.2. The number of methoxy groups -OCH3 is 1. The van der Waals surface area contributed by atoms with E-state index in [0.717, 1.165) is 21.9 Å². The zero-order chi connectivity index (χ0) is 13.3. The van der Waals surface area contributed by atoms with Gasteiger partial charge < -0.3 is 14.8 Å². The maximum absolute atomic E-state index is 6.15. The summed E-state index contributed by atoms with van der Waals surface area (Å²) in [6.07, 6.45) is 0. The van der Waals surface area contributed by atoms with Crippen molar-refractivity contribution in [1.82, 2.24) is 5.32 Å². The van der Waals surface area contributed by atoms with Crippen LogP contribution in [0.2, 0.25) is 5.02 Å². The van der Waals surface area contributed by atoms with Crippen LogP contribution in [0.3, 0.4) is 0 Å². The molecule has 0 saturated carbocycles. The van der Waals surface area contributed by atoms with Gasteiger partial charge in [-0.2, -0.15) is 0 Å². The molecule has 1 atom stereocenters. The second kappa shape index (κ2) is 5.08. The lowest BCUT2D eigenvalue weighted by atomic mass is 9.97. The minimum absolute atomic E-state index is 0.0375. The van der Waals surface area contributed by atoms with E-state index in [1.165, 1.54) is 0 Å². The van der Waals surface area contributed by atoms with Crippen molar-refractivity contribution >= 4 is 11.6 Å².